The lowest BCUT2D eigenvalue weighted by atomic mass is 10.2. The molecule has 0 saturated carbocycles. The Balaban J connectivity index is 1.70. The largest absolute Gasteiger partial charge is 0.495 e. The molecule has 3 aromatic rings. The number of benzene rings is 2. The van der Waals surface area contributed by atoms with Gasteiger partial charge in [-0.15, -0.1) is 11.3 Å². The molecule has 0 bridgehead atoms. The molecule has 0 atom stereocenters. The van der Waals surface area contributed by atoms with Crippen LogP contribution in [0.4, 0.5) is 17.1 Å². The van der Waals surface area contributed by atoms with Crippen LogP contribution >= 0.6 is 11.3 Å². The Morgan fingerprint density at radius 1 is 0.933 bits per heavy atom. The Morgan fingerprint density at radius 3 is 2.20 bits per heavy atom. The average molecular weight is 446 g/mol. The van der Waals surface area contributed by atoms with Crippen LogP contribution < -0.4 is 20.1 Å². The number of anilines is 3. The third kappa shape index (κ3) is 5.58. The van der Waals surface area contributed by atoms with E-state index in [1.807, 2.05) is 5.38 Å². The molecule has 0 spiro atoms. The van der Waals surface area contributed by atoms with Gasteiger partial charge in [-0.2, -0.15) is 0 Å². The molecule has 1 aromatic heterocycles. The molecular formula is C20H19N3O5S2. The Kier molecular flexibility index (Phi) is 6.38. The zero-order valence-corrected chi connectivity index (χ0v) is 17.8. The average Bonchev–Trinajstić information content (AvgIpc) is 3.22. The third-order valence-electron chi connectivity index (χ3n) is 3.90. The van der Waals surface area contributed by atoms with E-state index in [1.54, 1.807) is 48.5 Å². The number of carbonyl (C=O) groups is 2. The molecule has 30 heavy (non-hydrogen) atoms. The van der Waals surface area contributed by atoms with Crippen LogP contribution in [-0.2, 0) is 10.0 Å². The second kappa shape index (κ2) is 8.97. The van der Waals surface area contributed by atoms with Gasteiger partial charge in [-0.05, 0) is 53.9 Å². The summed E-state index contributed by atoms with van der Waals surface area (Å²) >= 11 is 1.34. The van der Waals surface area contributed by atoms with Gasteiger partial charge < -0.3 is 15.4 Å². The topological polar surface area (TPSA) is 114 Å². The van der Waals surface area contributed by atoms with Crippen LogP contribution in [0.2, 0.25) is 0 Å². The highest BCUT2D eigenvalue weighted by atomic mass is 32.2. The van der Waals surface area contributed by atoms with Crippen molar-refractivity contribution in [1.82, 2.24) is 0 Å². The Labute approximate surface area is 177 Å². The highest BCUT2D eigenvalue weighted by Crippen LogP contribution is 2.29. The molecule has 2 amide bonds. The molecule has 156 valence electrons. The summed E-state index contributed by atoms with van der Waals surface area (Å²) in [5.41, 5.74) is 1.54. The van der Waals surface area contributed by atoms with Crippen LogP contribution in [-0.4, -0.2) is 33.6 Å². The number of hydrogen-bond acceptors (Lipinski definition) is 6. The van der Waals surface area contributed by atoms with E-state index >= 15 is 0 Å². The fourth-order valence-corrected chi connectivity index (χ4v) is 3.75. The molecule has 0 unspecified atom stereocenters. The summed E-state index contributed by atoms with van der Waals surface area (Å²) in [6.07, 6.45) is 1.02. The zero-order chi connectivity index (χ0) is 21.7. The lowest BCUT2D eigenvalue weighted by molar-refractivity contribution is 0.102. The van der Waals surface area contributed by atoms with Crippen molar-refractivity contribution >= 4 is 50.2 Å². The Morgan fingerprint density at radius 2 is 1.60 bits per heavy atom. The summed E-state index contributed by atoms with van der Waals surface area (Å²) in [4.78, 5) is 25.2. The highest BCUT2D eigenvalue weighted by molar-refractivity contribution is 7.92. The smallest absolute Gasteiger partial charge is 0.265 e. The lowest BCUT2D eigenvalue weighted by Crippen LogP contribution is -2.14. The quantitative estimate of drug-likeness (QED) is 0.514. The summed E-state index contributed by atoms with van der Waals surface area (Å²) < 4.78 is 30.5. The summed E-state index contributed by atoms with van der Waals surface area (Å²) in [5.74, 6) is -0.280. The van der Waals surface area contributed by atoms with Gasteiger partial charge in [0.1, 0.15) is 5.75 Å². The molecule has 0 aliphatic heterocycles. The highest BCUT2D eigenvalue weighted by Gasteiger charge is 2.12. The first-order valence-electron chi connectivity index (χ1n) is 8.67. The minimum atomic E-state index is -3.51. The van der Waals surface area contributed by atoms with Crippen molar-refractivity contribution in [2.45, 2.75) is 0 Å². The number of ether oxygens (including phenoxy) is 1. The van der Waals surface area contributed by atoms with Gasteiger partial charge in [-0.1, -0.05) is 6.07 Å². The van der Waals surface area contributed by atoms with E-state index in [0.29, 0.717) is 27.6 Å². The van der Waals surface area contributed by atoms with Crippen molar-refractivity contribution < 1.29 is 22.7 Å². The summed E-state index contributed by atoms with van der Waals surface area (Å²) in [7, 11) is -2.10. The monoisotopic (exact) mass is 445 g/mol. The van der Waals surface area contributed by atoms with Crippen molar-refractivity contribution in [3.8, 4) is 5.75 Å². The van der Waals surface area contributed by atoms with Crippen LogP contribution in [0, 0.1) is 0 Å². The van der Waals surface area contributed by atoms with Crippen molar-refractivity contribution in [2.24, 2.45) is 0 Å². The van der Waals surface area contributed by atoms with Gasteiger partial charge in [-0.25, -0.2) is 8.42 Å². The second-order valence-electron chi connectivity index (χ2n) is 6.25. The van der Waals surface area contributed by atoms with Crippen LogP contribution in [0.5, 0.6) is 5.75 Å². The van der Waals surface area contributed by atoms with Crippen molar-refractivity contribution in [3.63, 3.8) is 0 Å². The number of nitrogens with one attached hydrogen (secondary N) is 3. The Hall–Kier alpha value is -3.37. The van der Waals surface area contributed by atoms with E-state index in [9.17, 15) is 18.0 Å². The van der Waals surface area contributed by atoms with Crippen LogP contribution in [0.1, 0.15) is 20.0 Å². The van der Waals surface area contributed by atoms with Gasteiger partial charge >= 0.3 is 0 Å². The minimum absolute atomic E-state index is 0.212. The van der Waals surface area contributed by atoms with E-state index in [0.717, 1.165) is 6.26 Å². The molecule has 3 N–H and O–H groups in total. The SMILES string of the molecule is COc1ccc(NC(=O)c2ccc(NC(=O)c3cccs3)cc2)cc1NS(C)(=O)=O. The lowest BCUT2D eigenvalue weighted by Gasteiger charge is -2.12. The van der Waals surface area contributed by atoms with Crippen molar-refractivity contribution in [2.75, 3.05) is 28.7 Å². The number of amides is 2. The Bertz CT molecular complexity index is 1160. The van der Waals surface area contributed by atoms with Gasteiger partial charge in [0, 0.05) is 16.9 Å². The molecule has 8 nitrogen and oxygen atoms in total. The zero-order valence-electron chi connectivity index (χ0n) is 16.1. The van der Waals surface area contributed by atoms with Gasteiger partial charge in [0.2, 0.25) is 10.0 Å². The van der Waals surface area contributed by atoms with Crippen molar-refractivity contribution in [1.29, 1.82) is 0 Å². The maximum absolute atomic E-state index is 12.5. The first kappa shape index (κ1) is 21.3. The molecule has 0 saturated heterocycles. The third-order valence-corrected chi connectivity index (χ3v) is 5.36. The fraction of sp³-hybridized carbons (Fsp3) is 0.100. The number of carbonyl (C=O) groups excluding carboxylic acids is 2. The van der Waals surface area contributed by atoms with Crippen molar-refractivity contribution in [3.05, 3.63) is 70.4 Å². The first-order valence-corrected chi connectivity index (χ1v) is 11.4. The molecule has 0 radical (unpaired) electrons. The predicted octanol–water partition coefficient (Wildman–Crippen LogP) is 3.63. The first-order chi connectivity index (χ1) is 14.2. The fourth-order valence-electron chi connectivity index (χ4n) is 2.57. The molecule has 2 aromatic carbocycles. The molecule has 1 heterocycles. The maximum atomic E-state index is 12.5. The molecular weight excluding hydrogens is 426 g/mol. The van der Waals surface area contributed by atoms with E-state index in [-0.39, 0.29) is 17.5 Å². The summed E-state index contributed by atoms with van der Waals surface area (Å²) in [5, 5.41) is 7.28. The molecule has 0 aliphatic carbocycles. The van der Waals surface area contributed by atoms with Crippen LogP contribution in [0.15, 0.2) is 60.0 Å². The number of sulfonamides is 1. The standard InChI is InChI=1S/C20H19N3O5S2/c1-28-17-10-9-15(12-16(17)23-30(2,26)27)22-19(24)13-5-7-14(8-6-13)21-20(25)18-4-3-11-29-18/h3-12,23H,1-2H3,(H,21,25)(H,22,24). The van der Waals surface area contributed by atoms with Gasteiger partial charge in [0.25, 0.3) is 11.8 Å². The molecule has 0 aliphatic rings. The number of methoxy groups -OCH3 is 1. The second-order valence-corrected chi connectivity index (χ2v) is 8.95. The van der Waals surface area contributed by atoms with Crippen LogP contribution in [0.25, 0.3) is 0 Å². The van der Waals surface area contributed by atoms with Gasteiger partial charge in [0.05, 0.1) is 23.9 Å². The summed E-state index contributed by atoms with van der Waals surface area (Å²) in [6.45, 7) is 0. The normalized spacial score (nSPS) is 10.9. The number of rotatable bonds is 7. The van der Waals surface area contributed by atoms with E-state index in [1.165, 1.54) is 24.5 Å². The summed E-state index contributed by atoms with van der Waals surface area (Å²) in [6, 6.07) is 14.6. The number of hydrogen-bond donors (Lipinski definition) is 3. The molecule has 10 heteroatoms. The van der Waals surface area contributed by atoms with Crippen LogP contribution in [0.3, 0.4) is 0 Å². The van der Waals surface area contributed by atoms with Gasteiger partial charge in [-0.3, -0.25) is 14.3 Å². The van der Waals surface area contributed by atoms with E-state index in [4.69, 9.17) is 4.74 Å². The van der Waals surface area contributed by atoms with Gasteiger partial charge in [0.15, 0.2) is 0 Å². The molecule has 0 fully saturated rings. The maximum Gasteiger partial charge on any atom is 0.265 e. The molecule has 3 rings (SSSR count). The number of thiophene rings is 1. The van der Waals surface area contributed by atoms with E-state index < -0.39 is 10.0 Å². The van der Waals surface area contributed by atoms with E-state index in [2.05, 4.69) is 15.4 Å². The predicted molar refractivity (Wildman–Crippen MR) is 118 cm³/mol. The minimum Gasteiger partial charge on any atom is -0.495 e.